The summed E-state index contributed by atoms with van der Waals surface area (Å²) in [5.74, 6) is 0. The second-order valence-electron chi connectivity index (χ2n) is 8.62. The van der Waals surface area contributed by atoms with E-state index >= 15 is 0 Å². The van der Waals surface area contributed by atoms with Crippen molar-refractivity contribution in [2.24, 2.45) is 0 Å². The van der Waals surface area contributed by atoms with E-state index in [1.165, 1.54) is 6.07 Å². The smallest absolute Gasteiger partial charge is 0.410 e. The minimum absolute atomic E-state index is 0.00755. The van der Waals surface area contributed by atoms with Crippen LogP contribution in [-0.4, -0.2) is 79.0 Å². The van der Waals surface area contributed by atoms with E-state index in [1.54, 1.807) is 11.0 Å². The largest absolute Gasteiger partial charge is 0.444 e. The van der Waals surface area contributed by atoms with Crippen molar-refractivity contribution in [3.05, 3.63) is 22.2 Å². The number of oxazole rings is 1. The number of benzene rings is 1. The van der Waals surface area contributed by atoms with Crippen LogP contribution in [0.3, 0.4) is 0 Å². The highest BCUT2D eigenvalue weighted by molar-refractivity contribution is 5.85. The first-order chi connectivity index (χ1) is 14.7. The van der Waals surface area contributed by atoms with E-state index < -0.39 is 10.5 Å². The van der Waals surface area contributed by atoms with E-state index in [-0.39, 0.29) is 11.8 Å². The molecule has 0 radical (unpaired) electrons. The second kappa shape index (κ2) is 8.22. The van der Waals surface area contributed by atoms with Gasteiger partial charge in [-0.25, -0.2) is 4.79 Å². The summed E-state index contributed by atoms with van der Waals surface area (Å²) in [6, 6.07) is 3.54. The summed E-state index contributed by atoms with van der Waals surface area (Å²) < 4.78 is 16.6. The van der Waals surface area contributed by atoms with Gasteiger partial charge in [-0.2, -0.15) is 4.98 Å². The lowest BCUT2D eigenvalue weighted by Crippen LogP contribution is -2.50. The van der Waals surface area contributed by atoms with Gasteiger partial charge in [-0.05, 0) is 26.8 Å². The Hall–Kier alpha value is -3.08. The zero-order valence-electron chi connectivity index (χ0n) is 18.0. The number of morpholine rings is 1. The molecule has 3 heterocycles. The number of rotatable bonds is 3. The molecule has 2 aliphatic heterocycles. The van der Waals surface area contributed by atoms with Crippen molar-refractivity contribution in [2.75, 3.05) is 62.3 Å². The summed E-state index contributed by atoms with van der Waals surface area (Å²) in [4.78, 5) is 33.6. The van der Waals surface area contributed by atoms with Crippen LogP contribution in [0.25, 0.3) is 11.1 Å². The molecule has 31 heavy (non-hydrogen) atoms. The number of carbonyl (C=O) groups excluding carboxylic acids is 1. The lowest BCUT2D eigenvalue weighted by Gasteiger charge is -2.34. The molecule has 1 amide bonds. The molecule has 2 aliphatic rings. The van der Waals surface area contributed by atoms with E-state index in [4.69, 9.17) is 13.9 Å². The van der Waals surface area contributed by atoms with Crippen LogP contribution in [0.2, 0.25) is 0 Å². The Morgan fingerprint density at radius 1 is 1.10 bits per heavy atom. The third-order valence-corrected chi connectivity index (χ3v) is 5.22. The fourth-order valence-electron chi connectivity index (χ4n) is 3.69. The average Bonchev–Trinajstić information content (AvgIpc) is 3.15. The van der Waals surface area contributed by atoms with Crippen LogP contribution in [0.4, 0.5) is 22.2 Å². The summed E-state index contributed by atoms with van der Waals surface area (Å²) >= 11 is 0. The molecule has 4 rings (SSSR count). The number of nitro benzene ring substituents is 1. The minimum atomic E-state index is -0.540. The van der Waals surface area contributed by atoms with Gasteiger partial charge in [-0.15, -0.1) is 0 Å². The Kier molecular flexibility index (Phi) is 5.61. The molecule has 2 aromatic rings. The summed E-state index contributed by atoms with van der Waals surface area (Å²) in [5.41, 5.74) is 0.911. The van der Waals surface area contributed by atoms with Gasteiger partial charge in [0.2, 0.25) is 0 Å². The predicted octanol–water partition coefficient (Wildman–Crippen LogP) is 2.63. The maximum Gasteiger partial charge on any atom is 0.410 e. The standard InChI is InChI=1S/C20H27N5O6/c1-20(2,3)31-19(26)24-6-4-23(5-7-24)18-21-14-12-15(22-8-10-29-11-9-22)16(25(27)28)13-17(14)30-18/h12-13H,4-11H2,1-3H3. The van der Waals surface area contributed by atoms with Crippen LogP contribution in [0.15, 0.2) is 16.5 Å². The van der Waals surface area contributed by atoms with Gasteiger partial charge in [0.15, 0.2) is 5.58 Å². The van der Waals surface area contributed by atoms with Crippen molar-refractivity contribution >= 4 is 34.6 Å². The van der Waals surface area contributed by atoms with Gasteiger partial charge in [-0.1, -0.05) is 0 Å². The highest BCUT2D eigenvalue weighted by Crippen LogP contribution is 2.35. The number of ether oxygens (including phenoxy) is 2. The molecule has 2 fully saturated rings. The number of piperazine rings is 1. The summed E-state index contributed by atoms with van der Waals surface area (Å²) in [7, 11) is 0. The van der Waals surface area contributed by atoms with Crippen molar-refractivity contribution < 1.29 is 23.6 Å². The Bertz CT molecular complexity index is 970. The molecule has 0 saturated carbocycles. The molecule has 1 aromatic heterocycles. The zero-order valence-corrected chi connectivity index (χ0v) is 18.0. The van der Waals surface area contributed by atoms with Crippen molar-refractivity contribution in [2.45, 2.75) is 26.4 Å². The van der Waals surface area contributed by atoms with Gasteiger partial charge >= 0.3 is 6.09 Å². The maximum absolute atomic E-state index is 12.3. The fourth-order valence-corrected chi connectivity index (χ4v) is 3.69. The number of nitro groups is 1. The molecule has 11 heteroatoms. The third kappa shape index (κ3) is 4.66. The number of anilines is 2. The molecule has 0 aliphatic carbocycles. The highest BCUT2D eigenvalue weighted by atomic mass is 16.6. The normalized spacial score (nSPS) is 17.8. The van der Waals surface area contributed by atoms with Gasteiger partial charge in [0, 0.05) is 39.3 Å². The van der Waals surface area contributed by atoms with Crippen molar-refractivity contribution in [1.29, 1.82) is 0 Å². The minimum Gasteiger partial charge on any atom is -0.444 e. The number of aromatic nitrogens is 1. The first-order valence-corrected chi connectivity index (χ1v) is 10.4. The fraction of sp³-hybridized carbons (Fsp3) is 0.600. The van der Waals surface area contributed by atoms with Gasteiger partial charge in [-0.3, -0.25) is 10.1 Å². The van der Waals surface area contributed by atoms with Gasteiger partial charge in [0.05, 0.1) is 24.2 Å². The van der Waals surface area contributed by atoms with Gasteiger partial charge in [0.1, 0.15) is 16.8 Å². The summed E-state index contributed by atoms with van der Waals surface area (Å²) in [6.07, 6.45) is -0.338. The lowest BCUT2D eigenvalue weighted by atomic mass is 10.2. The van der Waals surface area contributed by atoms with Crippen LogP contribution in [0.5, 0.6) is 0 Å². The predicted molar refractivity (Wildman–Crippen MR) is 114 cm³/mol. The van der Waals surface area contributed by atoms with E-state index in [9.17, 15) is 14.9 Å². The Morgan fingerprint density at radius 3 is 2.39 bits per heavy atom. The Morgan fingerprint density at radius 2 is 1.77 bits per heavy atom. The van der Waals surface area contributed by atoms with E-state index in [0.717, 1.165) is 0 Å². The molecule has 0 unspecified atom stereocenters. The second-order valence-corrected chi connectivity index (χ2v) is 8.62. The number of fused-ring (bicyclic) bond motifs is 1. The molecule has 168 valence electrons. The van der Waals surface area contributed by atoms with E-state index in [1.807, 2.05) is 30.6 Å². The third-order valence-electron chi connectivity index (χ3n) is 5.22. The molecule has 0 N–H and O–H groups in total. The zero-order chi connectivity index (χ0) is 22.2. The van der Waals surface area contributed by atoms with Crippen LogP contribution in [-0.2, 0) is 9.47 Å². The van der Waals surface area contributed by atoms with Crippen LogP contribution < -0.4 is 9.80 Å². The molecule has 0 bridgehead atoms. The van der Waals surface area contributed by atoms with Crippen molar-refractivity contribution in [3.63, 3.8) is 0 Å². The molecular formula is C20H27N5O6. The van der Waals surface area contributed by atoms with Crippen LogP contribution in [0, 0.1) is 10.1 Å². The number of carbonyl (C=O) groups is 1. The monoisotopic (exact) mass is 433 g/mol. The molecule has 0 spiro atoms. The maximum atomic E-state index is 12.3. The van der Waals surface area contributed by atoms with E-state index in [0.29, 0.717) is 75.3 Å². The number of nitrogens with zero attached hydrogens (tertiary/aromatic N) is 5. The number of amides is 1. The average molecular weight is 433 g/mol. The number of hydrogen-bond donors (Lipinski definition) is 0. The highest BCUT2D eigenvalue weighted by Gasteiger charge is 2.29. The molecule has 2 saturated heterocycles. The SMILES string of the molecule is CC(C)(C)OC(=O)N1CCN(c2nc3cc(N4CCOCC4)c([N+](=O)[O-])cc3o2)CC1. The molecule has 1 aromatic carbocycles. The summed E-state index contributed by atoms with van der Waals surface area (Å²) in [6.45, 7) is 9.77. The number of hydrogen-bond acceptors (Lipinski definition) is 9. The lowest BCUT2D eigenvalue weighted by molar-refractivity contribution is -0.384. The molecule has 0 atom stereocenters. The Balaban J connectivity index is 1.52. The topological polar surface area (TPSA) is 114 Å². The summed E-state index contributed by atoms with van der Waals surface area (Å²) in [5, 5.41) is 11.6. The Labute approximate surface area is 179 Å². The van der Waals surface area contributed by atoms with E-state index in [2.05, 4.69) is 4.98 Å². The van der Waals surface area contributed by atoms with Crippen LogP contribution in [0.1, 0.15) is 20.8 Å². The quantitative estimate of drug-likeness (QED) is 0.532. The van der Waals surface area contributed by atoms with Gasteiger partial charge < -0.3 is 28.6 Å². The first kappa shape index (κ1) is 21.2. The van der Waals surface area contributed by atoms with Crippen molar-refractivity contribution in [3.8, 4) is 0 Å². The first-order valence-electron chi connectivity index (χ1n) is 10.4. The molecular weight excluding hydrogens is 406 g/mol. The van der Waals surface area contributed by atoms with Crippen molar-refractivity contribution in [1.82, 2.24) is 9.88 Å². The van der Waals surface area contributed by atoms with Gasteiger partial charge in [0.25, 0.3) is 11.7 Å². The molecule has 11 nitrogen and oxygen atoms in total. The van der Waals surface area contributed by atoms with Crippen LogP contribution >= 0.6 is 0 Å².